The van der Waals surface area contributed by atoms with Crippen LogP contribution in [0.25, 0.3) is 0 Å². The van der Waals surface area contributed by atoms with Crippen LogP contribution in [-0.2, 0) is 25.7 Å². The predicted octanol–water partition coefficient (Wildman–Crippen LogP) is 0.743. The van der Waals surface area contributed by atoms with Gasteiger partial charge in [-0.05, 0) is 38.3 Å². The second kappa shape index (κ2) is 13.4. The van der Waals surface area contributed by atoms with E-state index in [1.165, 1.54) is 0 Å². The maximum Gasteiger partial charge on any atom is 0.290 e. The third-order valence-electron chi connectivity index (χ3n) is 5.20. The van der Waals surface area contributed by atoms with E-state index in [0.717, 1.165) is 12.0 Å². The maximum atomic E-state index is 13.1. The van der Waals surface area contributed by atoms with Gasteiger partial charge in [-0.3, -0.25) is 19.2 Å². The summed E-state index contributed by atoms with van der Waals surface area (Å²) in [4.78, 5) is 48.1. The van der Waals surface area contributed by atoms with E-state index in [9.17, 15) is 14.4 Å². The molecule has 1 saturated heterocycles. The van der Waals surface area contributed by atoms with Crippen LogP contribution in [0, 0.1) is 5.92 Å². The minimum Gasteiger partial charge on any atom is -0.483 e. The van der Waals surface area contributed by atoms with Gasteiger partial charge in [-0.1, -0.05) is 44.2 Å². The van der Waals surface area contributed by atoms with Gasteiger partial charge in [0.15, 0.2) is 0 Å². The van der Waals surface area contributed by atoms with E-state index in [0.29, 0.717) is 19.5 Å². The number of benzene rings is 1. The van der Waals surface area contributed by atoms with Crippen LogP contribution in [0.4, 0.5) is 0 Å². The number of nitrogens with one attached hydrogen (secondary N) is 3. The molecule has 3 amide bonds. The van der Waals surface area contributed by atoms with Gasteiger partial charge in [0.2, 0.25) is 17.7 Å². The average Bonchev–Trinajstić information content (AvgIpc) is 3.25. The van der Waals surface area contributed by atoms with Crippen molar-refractivity contribution in [3.05, 3.63) is 35.9 Å². The van der Waals surface area contributed by atoms with E-state index in [1.54, 1.807) is 18.9 Å². The SMILES string of the molecule is CN[C@@H](C)C(=O)N[C@@H](C(=O)N1CCC[C@H]1C(=O)NCc1ccccc1)C(C)C.O=CO. The zero-order valence-corrected chi connectivity index (χ0v) is 18.6. The lowest BCUT2D eigenvalue weighted by Gasteiger charge is -2.31. The smallest absolute Gasteiger partial charge is 0.290 e. The second-order valence-electron chi connectivity index (χ2n) is 7.74. The Morgan fingerprint density at radius 2 is 1.81 bits per heavy atom. The Hall–Kier alpha value is -2.94. The molecule has 0 spiro atoms. The van der Waals surface area contributed by atoms with Crippen LogP contribution in [0.3, 0.4) is 0 Å². The second-order valence-corrected chi connectivity index (χ2v) is 7.74. The molecule has 0 aliphatic carbocycles. The Kier molecular flexibility index (Phi) is 11.3. The summed E-state index contributed by atoms with van der Waals surface area (Å²) in [6.45, 7) is 6.25. The molecule has 0 aromatic heterocycles. The number of hydrogen-bond donors (Lipinski definition) is 4. The van der Waals surface area contributed by atoms with E-state index in [1.807, 2.05) is 44.2 Å². The molecule has 0 saturated carbocycles. The Labute approximate surface area is 183 Å². The van der Waals surface area contributed by atoms with Crippen LogP contribution in [0.5, 0.6) is 0 Å². The van der Waals surface area contributed by atoms with Crippen LogP contribution in [0.1, 0.15) is 39.2 Å². The zero-order chi connectivity index (χ0) is 23.4. The molecule has 2 rings (SSSR count). The fourth-order valence-electron chi connectivity index (χ4n) is 3.31. The van der Waals surface area contributed by atoms with Gasteiger partial charge in [-0.25, -0.2) is 0 Å². The number of nitrogens with zero attached hydrogens (tertiary/aromatic N) is 1. The molecule has 0 unspecified atom stereocenters. The number of carbonyl (C=O) groups is 4. The summed E-state index contributed by atoms with van der Waals surface area (Å²) in [7, 11) is 1.70. The molecule has 31 heavy (non-hydrogen) atoms. The summed E-state index contributed by atoms with van der Waals surface area (Å²) in [6, 6.07) is 8.15. The van der Waals surface area contributed by atoms with Crippen molar-refractivity contribution < 1.29 is 24.3 Å². The third kappa shape index (κ3) is 8.01. The molecule has 0 bridgehead atoms. The molecule has 172 valence electrons. The fourth-order valence-corrected chi connectivity index (χ4v) is 3.31. The standard InChI is InChI=1S/C21H32N4O3.CH2O2/c1-14(2)18(24-19(26)15(3)22-4)21(28)25-12-8-11-17(25)20(27)23-13-16-9-6-5-7-10-16;2-1-3/h5-7,9-10,14-15,17-18,22H,8,11-13H2,1-4H3,(H,23,27)(H,24,26);1H,(H,2,3)/t15-,17-,18+;/m0./s1. The fraction of sp³-hybridized carbons (Fsp3) is 0.545. The zero-order valence-electron chi connectivity index (χ0n) is 18.6. The first-order valence-electron chi connectivity index (χ1n) is 10.4. The molecule has 9 nitrogen and oxygen atoms in total. The molecular formula is C22H34N4O5. The van der Waals surface area contributed by atoms with Crippen LogP contribution >= 0.6 is 0 Å². The summed E-state index contributed by atoms with van der Waals surface area (Å²) in [5.41, 5.74) is 1.01. The van der Waals surface area contributed by atoms with E-state index >= 15 is 0 Å². The molecule has 0 radical (unpaired) electrons. The first kappa shape index (κ1) is 26.1. The minimum atomic E-state index is -0.647. The Bertz CT molecular complexity index is 726. The van der Waals surface area contributed by atoms with Gasteiger partial charge in [-0.15, -0.1) is 0 Å². The van der Waals surface area contributed by atoms with Gasteiger partial charge < -0.3 is 26.0 Å². The Morgan fingerprint density at radius 1 is 1.19 bits per heavy atom. The topological polar surface area (TPSA) is 128 Å². The largest absolute Gasteiger partial charge is 0.483 e. The summed E-state index contributed by atoms with van der Waals surface area (Å²) < 4.78 is 0. The van der Waals surface area contributed by atoms with Crippen LogP contribution in [-0.4, -0.2) is 65.9 Å². The summed E-state index contributed by atoms with van der Waals surface area (Å²) in [5.74, 6) is -0.635. The highest BCUT2D eigenvalue weighted by Gasteiger charge is 2.38. The molecule has 1 aromatic carbocycles. The lowest BCUT2D eigenvalue weighted by molar-refractivity contribution is -0.142. The number of amides is 3. The molecule has 4 N–H and O–H groups in total. The maximum absolute atomic E-state index is 13.1. The molecule has 1 heterocycles. The van der Waals surface area contributed by atoms with Gasteiger partial charge >= 0.3 is 0 Å². The minimum absolute atomic E-state index is 0.0749. The summed E-state index contributed by atoms with van der Waals surface area (Å²) in [5, 5.41) is 15.5. The van der Waals surface area contributed by atoms with Crippen molar-refractivity contribution in [1.29, 1.82) is 0 Å². The molecule has 1 aliphatic heterocycles. The first-order chi connectivity index (χ1) is 14.8. The number of likely N-dealkylation sites (N-methyl/N-ethyl adjacent to an activating group) is 1. The van der Waals surface area contributed by atoms with Crippen molar-refractivity contribution in [2.24, 2.45) is 5.92 Å². The molecule has 3 atom stereocenters. The van der Waals surface area contributed by atoms with E-state index < -0.39 is 18.1 Å². The van der Waals surface area contributed by atoms with Crippen LogP contribution < -0.4 is 16.0 Å². The highest BCUT2D eigenvalue weighted by atomic mass is 16.3. The third-order valence-corrected chi connectivity index (χ3v) is 5.20. The molecular weight excluding hydrogens is 400 g/mol. The highest BCUT2D eigenvalue weighted by Crippen LogP contribution is 2.20. The highest BCUT2D eigenvalue weighted by molar-refractivity contribution is 5.93. The lowest BCUT2D eigenvalue weighted by atomic mass is 10.0. The van der Waals surface area contributed by atoms with E-state index in [4.69, 9.17) is 9.90 Å². The number of hydrogen-bond acceptors (Lipinski definition) is 5. The van der Waals surface area contributed by atoms with E-state index in [-0.39, 0.29) is 30.1 Å². The molecule has 9 heteroatoms. The quantitative estimate of drug-likeness (QED) is 0.447. The Balaban J connectivity index is 0.00000151. The van der Waals surface area contributed by atoms with Crippen molar-refractivity contribution in [3.8, 4) is 0 Å². The predicted molar refractivity (Wildman–Crippen MR) is 117 cm³/mol. The number of carbonyl (C=O) groups excluding carboxylic acids is 3. The van der Waals surface area contributed by atoms with Gasteiger partial charge in [0.05, 0.1) is 6.04 Å². The summed E-state index contributed by atoms with van der Waals surface area (Å²) >= 11 is 0. The molecule has 1 aromatic rings. The van der Waals surface area contributed by atoms with Crippen molar-refractivity contribution >= 4 is 24.2 Å². The molecule has 1 fully saturated rings. The van der Waals surface area contributed by atoms with Gasteiger partial charge in [-0.2, -0.15) is 0 Å². The Morgan fingerprint density at radius 3 is 2.35 bits per heavy atom. The van der Waals surface area contributed by atoms with Crippen LogP contribution in [0.15, 0.2) is 30.3 Å². The van der Waals surface area contributed by atoms with Crippen molar-refractivity contribution in [3.63, 3.8) is 0 Å². The summed E-state index contributed by atoms with van der Waals surface area (Å²) in [6.07, 6.45) is 1.42. The van der Waals surface area contributed by atoms with Crippen molar-refractivity contribution in [1.82, 2.24) is 20.9 Å². The van der Waals surface area contributed by atoms with Gasteiger partial charge in [0.25, 0.3) is 6.47 Å². The normalized spacial score (nSPS) is 17.2. The molecule has 1 aliphatic rings. The number of likely N-dealkylation sites (tertiary alicyclic amines) is 1. The number of carboxylic acid groups (broad SMARTS) is 1. The van der Waals surface area contributed by atoms with Crippen molar-refractivity contribution in [2.45, 2.75) is 58.3 Å². The van der Waals surface area contributed by atoms with E-state index in [2.05, 4.69) is 16.0 Å². The first-order valence-corrected chi connectivity index (χ1v) is 10.4. The monoisotopic (exact) mass is 434 g/mol. The van der Waals surface area contributed by atoms with Gasteiger partial charge in [0, 0.05) is 13.1 Å². The average molecular weight is 435 g/mol. The van der Waals surface area contributed by atoms with Crippen LogP contribution in [0.2, 0.25) is 0 Å². The van der Waals surface area contributed by atoms with Gasteiger partial charge in [0.1, 0.15) is 12.1 Å². The lowest BCUT2D eigenvalue weighted by Crippen LogP contribution is -2.57. The van der Waals surface area contributed by atoms with Crippen molar-refractivity contribution in [2.75, 3.05) is 13.6 Å². The number of rotatable bonds is 8.